The van der Waals surface area contributed by atoms with E-state index < -0.39 is 11.5 Å². The van der Waals surface area contributed by atoms with Gasteiger partial charge in [-0.25, -0.2) is 0 Å². The Bertz CT molecular complexity index is 444. The number of carbonyl (C=O) groups is 2. The molecule has 3 N–H and O–H groups in total. The lowest BCUT2D eigenvalue weighted by Crippen LogP contribution is -2.54. The van der Waals surface area contributed by atoms with Gasteiger partial charge in [0.05, 0.1) is 6.04 Å². The smallest absolute Gasteiger partial charge is 0.251 e. The summed E-state index contributed by atoms with van der Waals surface area (Å²) in [6.07, 6.45) is 3.34. The zero-order valence-corrected chi connectivity index (χ0v) is 14.6. The minimum atomic E-state index is -0.950. The molecule has 2 aliphatic heterocycles. The number of aliphatic hydroxyl groups is 1. The predicted octanol–water partition coefficient (Wildman–Crippen LogP) is 0.724. The normalized spacial score (nSPS) is 25.6. The van der Waals surface area contributed by atoms with Crippen LogP contribution in [-0.2, 0) is 9.59 Å². The maximum absolute atomic E-state index is 12.5. The van der Waals surface area contributed by atoms with Gasteiger partial charge in [-0.2, -0.15) is 0 Å². The van der Waals surface area contributed by atoms with Crippen molar-refractivity contribution < 1.29 is 14.7 Å². The average molecular weight is 325 g/mol. The number of rotatable bonds is 5. The van der Waals surface area contributed by atoms with Gasteiger partial charge < -0.3 is 15.7 Å². The van der Waals surface area contributed by atoms with Crippen molar-refractivity contribution in [2.45, 2.75) is 71.1 Å². The SMILES string of the molecule is CCC(C)(C)C(O)C(=O)N1CCC(N2CCCC2C(N)=O)CC1. The molecule has 0 aromatic rings. The molecule has 2 amide bonds. The maximum atomic E-state index is 12.5. The summed E-state index contributed by atoms with van der Waals surface area (Å²) in [6.45, 7) is 8.02. The molecule has 0 saturated carbocycles. The lowest BCUT2D eigenvalue weighted by molar-refractivity contribution is -0.148. The molecule has 2 rings (SSSR count). The second-order valence-corrected chi connectivity index (χ2v) is 7.60. The fourth-order valence-corrected chi connectivity index (χ4v) is 3.65. The van der Waals surface area contributed by atoms with Gasteiger partial charge in [0.25, 0.3) is 5.91 Å². The number of hydrogen-bond acceptors (Lipinski definition) is 4. The summed E-state index contributed by atoms with van der Waals surface area (Å²) < 4.78 is 0. The molecule has 6 heteroatoms. The van der Waals surface area contributed by atoms with Crippen molar-refractivity contribution in [3.8, 4) is 0 Å². The number of carbonyl (C=O) groups excluding carboxylic acids is 2. The fraction of sp³-hybridized carbons (Fsp3) is 0.882. The summed E-state index contributed by atoms with van der Waals surface area (Å²) >= 11 is 0. The van der Waals surface area contributed by atoms with Gasteiger partial charge in [0.2, 0.25) is 5.91 Å². The van der Waals surface area contributed by atoms with E-state index in [1.54, 1.807) is 4.90 Å². The van der Waals surface area contributed by atoms with Crippen molar-refractivity contribution in [1.29, 1.82) is 0 Å². The molecule has 2 heterocycles. The number of primary amides is 1. The first-order valence-electron chi connectivity index (χ1n) is 8.80. The number of nitrogens with zero attached hydrogens (tertiary/aromatic N) is 2. The van der Waals surface area contributed by atoms with Crippen LogP contribution in [0.4, 0.5) is 0 Å². The standard InChI is InChI=1S/C17H31N3O3/c1-4-17(2,3)14(21)16(23)19-10-7-12(8-11-19)20-9-5-6-13(20)15(18)22/h12-14,21H,4-11H2,1-3H3,(H2,18,22). The second-order valence-electron chi connectivity index (χ2n) is 7.60. The van der Waals surface area contributed by atoms with E-state index in [2.05, 4.69) is 4.90 Å². The maximum Gasteiger partial charge on any atom is 0.251 e. The van der Waals surface area contributed by atoms with Crippen molar-refractivity contribution in [1.82, 2.24) is 9.80 Å². The van der Waals surface area contributed by atoms with Gasteiger partial charge in [-0.05, 0) is 44.1 Å². The van der Waals surface area contributed by atoms with Crippen LogP contribution in [0.15, 0.2) is 0 Å². The molecule has 0 aromatic heterocycles. The number of aliphatic hydroxyl groups excluding tert-OH is 1. The Kier molecular flexibility index (Phi) is 5.68. The van der Waals surface area contributed by atoms with Crippen molar-refractivity contribution >= 4 is 11.8 Å². The largest absolute Gasteiger partial charge is 0.383 e. The molecule has 0 aromatic carbocycles. The zero-order chi connectivity index (χ0) is 17.2. The molecule has 2 fully saturated rings. The monoisotopic (exact) mass is 325 g/mol. The van der Waals surface area contributed by atoms with Gasteiger partial charge in [-0.3, -0.25) is 14.5 Å². The highest BCUT2D eigenvalue weighted by Gasteiger charge is 2.39. The molecular weight excluding hydrogens is 294 g/mol. The first-order chi connectivity index (χ1) is 10.8. The molecule has 0 spiro atoms. The van der Waals surface area contributed by atoms with Crippen molar-refractivity contribution in [3.05, 3.63) is 0 Å². The molecule has 2 saturated heterocycles. The molecule has 0 radical (unpaired) electrons. The van der Waals surface area contributed by atoms with Gasteiger partial charge in [-0.15, -0.1) is 0 Å². The molecule has 2 unspecified atom stereocenters. The third-order valence-corrected chi connectivity index (χ3v) is 5.75. The first-order valence-corrected chi connectivity index (χ1v) is 8.80. The second kappa shape index (κ2) is 7.18. The Morgan fingerprint density at radius 2 is 1.83 bits per heavy atom. The number of likely N-dealkylation sites (tertiary alicyclic amines) is 2. The van der Waals surface area contributed by atoms with Gasteiger partial charge in [0.1, 0.15) is 6.10 Å². The zero-order valence-electron chi connectivity index (χ0n) is 14.6. The van der Waals surface area contributed by atoms with E-state index >= 15 is 0 Å². The summed E-state index contributed by atoms with van der Waals surface area (Å²) in [7, 11) is 0. The summed E-state index contributed by atoms with van der Waals surface area (Å²) in [5.41, 5.74) is 5.09. The molecular formula is C17H31N3O3. The summed E-state index contributed by atoms with van der Waals surface area (Å²) in [6, 6.07) is 0.169. The van der Waals surface area contributed by atoms with Crippen molar-refractivity contribution in [3.63, 3.8) is 0 Å². The van der Waals surface area contributed by atoms with E-state index in [4.69, 9.17) is 5.73 Å². The summed E-state index contributed by atoms with van der Waals surface area (Å²) in [5, 5.41) is 10.3. The van der Waals surface area contributed by atoms with Crippen molar-refractivity contribution in [2.24, 2.45) is 11.1 Å². The molecule has 6 nitrogen and oxygen atoms in total. The average Bonchev–Trinajstić information content (AvgIpc) is 3.03. The third-order valence-electron chi connectivity index (χ3n) is 5.75. The van der Waals surface area contributed by atoms with Gasteiger partial charge in [0.15, 0.2) is 0 Å². The quantitative estimate of drug-likeness (QED) is 0.780. The van der Waals surface area contributed by atoms with E-state index in [1.807, 2.05) is 20.8 Å². The van der Waals surface area contributed by atoms with Crippen LogP contribution in [0.5, 0.6) is 0 Å². The van der Waals surface area contributed by atoms with Crippen LogP contribution >= 0.6 is 0 Å². The highest BCUT2D eigenvalue weighted by atomic mass is 16.3. The minimum absolute atomic E-state index is 0.146. The summed E-state index contributed by atoms with van der Waals surface area (Å²) in [4.78, 5) is 28.0. The van der Waals surface area contributed by atoms with Crippen LogP contribution in [0, 0.1) is 5.41 Å². The molecule has 23 heavy (non-hydrogen) atoms. The van der Waals surface area contributed by atoms with Crippen LogP contribution in [-0.4, -0.2) is 64.5 Å². The minimum Gasteiger partial charge on any atom is -0.383 e. The number of nitrogens with two attached hydrogens (primary N) is 1. The summed E-state index contributed by atoms with van der Waals surface area (Å²) in [5.74, 6) is -0.399. The van der Waals surface area contributed by atoms with E-state index in [9.17, 15) is 14.7 Å². The molecule has 0 aliphatic carbocycles. The lowest BCUT2D eigenvalue weighted by Gasteiger charge is -2.40. The van der Waals surface area contributed by atoms with Crippen LogP contribution < -0.4 is 5.73 Å². The molecule has 0 bridgehead atoms. The Balaban J connectivity index is 1.91. The Morgan fingerprint density at radius 3 is 2.35 bits per heavy atom. The van der Waals surface area contributed by atoms with Crippen LogP contribution in [0.1, 0.15) is 52.9 Å². The number of piperidine rings is 1. The van der Waals surface area contributed by atoms with Crippen molar-refractivity contribution in [2.75, 3.05) is 19.6 Å². The number of hydrogen-bond donors (Lipinski definition) is 2. The fourth-order valence-electron chi connectivity index (χ4n) is 3.65. The molecule has 2 aliphatic rings. The molecule has 2 atom stereocenters. The van der Waals surface area contributed by atoms with Gasteiger partial charge in [0, 0.05) is 19.1 Å². The topological polar surface area (TPSA) is 86.9 Å². The number of amides is 2. The van der Waals surface area contributed by atoms with Gasteiger partial charge in [-0.1, -0.05) is 20.8 Å². The predicted molar refractivity (Wildman–Crippen MR) is 88.6 cm³/mol. The van der Waals surface area contributed by atoms with Crippen LogP contribution in [0.2, 0.25) is 0 Å². The Morgan fingerprint density at radius 1 is 1.22 bits per heavy atom. The Hall–Kier alpha value is -1.14. The van der Waals surface area contributed by atoms with Crippen LogP contribution in [0.3, 0.4) is 0 Å². The van der Waals surface area contributed by atoms with E-state index in [0.717, 1.165) is 38.6 Å². The highest BCUT2D eigenvalue weighted by Crippen LogP contribution is 2.29. The van der Waals surface area contributed by atoms with E-state index in [0.29, 0.717) is 19.1 Å². The van der Waals surface area contributed by atoms with Gasteiger partial charge >= 0.3 is 0 Å². The van der Waals surface area contributed by atoms with E-state index in [1.165, 1.54) is 0 Å². The highest BCUT2D eigenvalue weighted by molar-refractivity contribution is 5.81. The molecule has 132 valence electrons. The first kappa shape index (κ1) is 18.2. The van der Waals surface area contributed by atoms with Crippen LogP contribution in [0.25, 0.3) is 0 Å². The van der Waals surface area contributed by atoms with E-state index in [-0.39, 0.29) is 17.9 Å². The third kappa shape index (κ3) is 3.86. The lowest BCUT2D eigenvalue weighted by atomic mass is 9.83. The Labute approximate surface area is 139 Å².